The third kappa shape index (κ3) is 3.31. The second-order valence-corrected chi connectivity index (χ2v) is 5.70. The Balaban J connectivity index is 2.91. The van der Waals surface area contributed by atoms with Gasteiger partial charge < -0.3 is 10.8 Å². The molecule has 0 spiro atoms. The number of nitrogens with zero attached hydrogens (tertiary/aromatic N) is 1. The Hall–Kier alpha value is -0.900. The van der Waals surface area contributed by atoms with Gasteiger partial charge >= 0.3 is 0 Å². The minimum atomic E-state index is -0.706. The molecule has 3 N–H and O–H groups in total. The first-order valence-electron chi connectivity index (χ1n) is 6.52. The fourth-order valence-electron chi connectivity index (χ4n) is 1.91. The van der Waals surface area contributed by atoms with E-state index < -0.39 is 5.54 Å². The number of aliphatic hydroxyl groups excluding tert-OH is 1. The van der Waals surface area contributed by atoms with Crippen molar-refractivity contribution < 1.29 is 5.11 Å². The van der Waals surface area contributed by atoms with E-state index in [0.29, 0.717) is 6.54 Å². The van der Waals surface area contributed by atoms with Crippen LogP contribution in [0.5, 0.6) is 0 Å². The normalized spacial score (nSPS) is 15.7. The lowest BCUT2D eigenvalue weighted by molar-refractivity contribution is 0.0852. The molecule has 1 rings (SSSR count). The highest BCUT2D eigenvalue weighted by Crippen LogP contribution is 2.24. The fraction of sp³-hybridized carbons (Fsp3) is 0.600. The molecule has 0 fully saturated rings. The average Bonchev–Trinajstić information content (AvgIpc) is 2.39. The summed E-state index contributed by atoms with van der Waals surface area (Å²) in [4.78, 5) is 2.22. The molecule has 0 aromatic heterocycles. The van der Waals surface area contributed by atoms with Gasteiger partial charge in [0.15, 0.2) is 0 Å². The summed E-state index contributed by atoms with van der Waals surface area (Å²) >= 11 is 0. The molecule has 102 valence electrons. The van der Waals surface area contributed by atoms with Crippen LogP contribution in [0.15, 0.2) is 30.3 Å². The lowest BCUT2D eigenvalue weighted by atomic mass is 9.89. The van der Waals surface area contributed by atoms with Crippen LogP contribution < -0.4 is 5.73 Å². The van der Waals surface area contributed by atoms with Gasteiger partial charge in [0.25, 0.3) is 0 Å². The molecule has 0 bridgehead atoms. The zero-order valence-electron chi connectivity index (χ0n) is 12.0. The molecule has 0 aliphatic heterocycles. The van der Waals surface area contributed by atoms with E-state index in [-0.39, 0.29) is 12.1 Å². The topological polar surface area (TPSA) is 49.5 Å². The molecule has 0 saturated carbocycles. The summed E-state index contributed by atoms with van der Waals surface area (Å²) in [7, 11) is 2.06. The molecule has 0 amide bonds. The highest BCUT2D eigenvalue weighted by molar-refractivity contribution is 5.24. The summed E-state index contributed by atoms with van der Waals surface area (Å²) in [6.45, 7) is 7.12. The van der Waals surface area contributed by atoms with E-state index >= 15 is 0 Å². The van der Waals surface area contributed by atoms with E-state index in [1.807, 2.05) is 30.3 Å². The number of rotatable bonds is 6. The van der Waals surface area contributed by atoms with Crippen molar-refractivity contribution in [3.05, 3.63) is 35.9 Å². The molecule has 3 heteroatoms. The maximum atomic E-state index is 9.67. The van der Waals surface area contributed by atoms with Crippen LogP contribution in [0, 0.1) is 0 Å². The molecule has 0 aliphatic rings. The van der Waals surface area contributed by atoms with E-state index in [4.69, 9.17) is 5.73 Å². The van der Waals surface area contributed by atoms with Crippen LogP contribution >= 0.6 is 0 Å². The number of aliphatic hydroxyl groups is 1. The molecule has 0 saturated heterocycles. The van der Waals surface area contributed by atoms with Crippen LogP contribution in [-0.2, 0) is 5.54 Å². The molecular weight excluding hydrogens is 224 g/mol. The SMILES string of the molecule is CCC(C)(C)N(C)CC(N)(CO)c1ccccc1. The Morgan fingerprint density at radius 3 is 2.22 bits per heavy atom. The third-order valence-electron chi connectivity index (χ3n) is 4.05. The smallest absolute Gasteiger partial charge is 0.0773 e. The largest absolute Gasteiger partial charge is 0.394 e. The van der Waals surface area contributed by atoms with Gasteiger partial charge in [0, 0.05) is 12.1 Å². The number of benzene rings is 1. The highest BCUT2D eigenvalue weighted by Gasteiger charge is 2.32. The van der Waals surface area contributed by atoms with Gasteiger partial charge in [-0.1, -0.05) is 37.3 Å². The van der Waals surface area contributed by atoms with Crippen molar-refractivity contribution in [3.63, 3.8) is 0 Å². The van der Waals surface area contributed by atoms with Gasteiger partial charge in [-0.15, -0.1) is 0 Å². The van der Waals surface area contributed by atoms with Crippen LogP contribution in [0.3, 0.4) is 0 Å². The summed E-state index contributed by atoms with van der Waals surface area (Å²) in [6, 6.07) is 9.82. The lowest BCUT2D eigenvalue weighted by Crippen LogP contribution is -2.54. The van der Waals surface area contributed by atoms with Gasteiger partial charge in [-0.3, -0.25) is 4.90 Å². The summed E-state index contributed by atoms with van der Waals surface area (Å²) in [5.74, 6) is 0. The van der Waals surface area contributed by atoms with Gasteiger partial charge in [-0.25, -0.2) is 0 Å². The maximum Gasteiger partial charge on any atom is 0.0773 e. The molecule has 1 aromatic rings. The Morgan fingerprint density at radius 2 is 1.78 bits per heavy atom. The standard InChI is InChI=1S/C15H26N2O/c1-5-14(2,3)17(4)11-15(16,12-18)13-9-7-6-8-10-13/h6-10,18H,5,11-12,16H2,1-4H3. The summed E-state index contributed by atoms with van der Waals surface area (Å²) < 4.78 is 0. The highest BCUT2D eigenvalue weighted by atomic mass is 16.3. The number of hydrogen-bond donors (Lipinski definition) is 2. The molecule has 0 heterocycles. The third-order valence-corrected chi connectivity index (χ3v) is 4.05. The first kappa shape index (κ1) is 15.2. The van der Waals surface area contributed by atoms with Crippen LogP contribution in [0.1, 0.15) is 32.8 Å². The van der Waals surface area contributed by atoms with E-state index in [1.54, 1.807) is 0 Å². The lowest BCUT2D eigenvalue weighted by Gasteiger charge is -2.41. The first-order chi connectivity index (χ1) is 8.35. The van der Waals surface area contributed by atoms with Crippen molar-refractivity contribution in [2.45, 2.75) is 38.3 Å². The Kier molecular flexibility index (Phi) is 4.91. The molecule has 18 heavy (non-hydrogen) atoms. The van der Waals surface area contributed by atoms with Gasteiger partial charge in [0.2, 0.25) is 0 Å². The van der Waals surface area contributed by atoms with Crippen LogP contribution in [0.25, 0.3) is 0 Å². The molecule has 1 unspecified atom stereocenters. The number of nitrogens with two attached hydrogens (primary N) is 1. The Morgan fingerprint density at radius 1 is 1.22 bits per heavy atom. The van der Waals surface area contributed by atoms with Gasteiger partial charge in [-0.05, 0) is 32.9 Å². The van der Waals surface area contributed by atoms with Crippen LogP contribution in [0.4, 0.5) is 0 Å². The van der Waals surface area contributed by atoms with Crippen molar-refractivity contribution in [1.82, 2.24) is 4.90 Å². The average molecular weight is 250 g/mol. The van der Waals surface area contributed by atoms with Gasteiger partial charge in [-0.2, -0.15) is 0 Å². The maximum absolute atomic E-state index is 9.67. The Labute approximate surface area is 111 Å². The monoisotopic (exact) mass is 250 g/mol. The summed E-state index contributed by atoms with van der Waals surface area (Å²) in [6.07, 6.45) is 1.04. The first-order valence-corrected chi connectivity index (χ1v) is 6.52. The predicted molar refractivity (Wildman–Crippen MR) is 76.4 cm³/mol. The number of likely N-dealkylation sites (N-methyl/N-ethyl adjacent to an activating group) is 1. The van der Waals surface area contributed by atoms with E-state index in [9.17, 15) is 5.11 Å². The predicted octanol–water partition coefficient (Wildman–Crippen LogP) is 1.95. The van der Waals surface area contributed by atoms with Crippen molar-refractivity contribution in [3.8, 4) is 0 Å². The quantitative estimate of drug-likeness (QED) is 0.811. The van der Waals surface area contributed by atoms with Crippen molar-refractivity contribution >= 4 is 0 Å². The summed E-state index contributed by atoms with van der Waals surface area (Å²) in [5, 5.41) is 9.67. The minimum Gasteiger partial charge on any atom is -0.394 e. The van der Waals surface area contributed by atoms with Gasteiger partial charge in [0.1, 0.15) is 0 Å². The zero-order valence-corrected chi connectivity index (χ0v) is 12.0. The summed E-state index contributed by atoms with van der Waals surface area (Å²) in [5.41, 5.74) is 6.73. The van der Waals surface area contributed by atoms with E-state index in [2.05, 4.69) is 32.7 Å². The molecule has 0 radical (unpaired) electrons. The molecule has 0 aliphatic carbocycles. The Bertz CT molecular complexity index is 364. The van der Waals surface area contributed by atoms with Crippen molar-refractivity contribution in [1.29, 1.82) is 0 Å². The van der Waals surface area contributed by atoms with Crippen LogP contribution in [-0.4, -0.2) is 35.7 Å². The van der Waals surface area contributed by atoms with Crippen molar-refractivity contribution in [2.24, 2.45) is 5.73 Å². The van der Waals surface area contributed by atoms with Gasteiger partial charge in [0.05, 0.1) is 12.1 Å². The number of hydrogen-bond acceptors (Lipinski definition) is 3. The van der Waals surface area contributed by atoms with E-state index in [1.165, 1.54) is 0 Å². The zero-order chi connectivity index (χ0) is 13.8. The van der Waals surface area contributed by atoms with E-state index in [0.717, 1.165) is 12.0 Å². The minimum absolute atomic E-state index is 0.0544. The van der Waals surface area contributed by atoms with Crippen molar-refractivity contribution in [2.75, 3.05) is 20.2 Å². The molecule has 1 atom stereocenters. The molecular formula is C15H26N2O. The molecule has 3 nitrogen and oxygen atoms in total. The fourth-order valence-corrected chi connectivity index (χ4v) is 1.91. The second-order valence-electron chi connectivity index (χ2n) is 5.70. The second kappa shape index (κ2) is 5.83. The van der Waals surface area contributed by atoms with Crippen LogP contribution in [0.2, 0.25) is 0 Å². The molecule has 1 aromatic carbocycles.